The average Bonchev–Trinajstić information content (AvgIpc) is 2.94. The number of nitrogens with zero attached hydrogens (tertiary/aromatic N) is 3. The van der Waals surface area contributed by atoms with Gasteiger partial charge in [-0.1, -0.05) is 11.6 Å². The van der Waals surface area contributed by atoms with Crippen molar-refractivity contribution in [1.82, 2.24) is 14.7 Å². The van der Waals surface area contributed by atoms with E-state index in [4.69, 9.17) is 11.6 Å². The SMILES string of the molecule is Cc1c(NC(=O)CCC(=O)Nc2ccc(Cl)c(C(F)(F)F)c2)c(C(=O)N(C)C)nn1C. The van der Waals surface area contributed by atoms with Crippen LogP contribution in [0.1, 0.15) is 34.6 Å². The van der Waals surface area contributed by atoms with Crippen molar-refractivity contribution in [3.63, 3.8) is 0 Å². The fourth-order valence-corrected chi connectivity index (χ4v) is 2.82. The lowest BCUT2D eigenvalue weighted by atomic mass is 10.2. The molecule has 0 atom stereocenters. The van der Waals surface area contributed by atoms with Crippen LogP contribution < -0.4 is 10.6 Å². The average molecular weight is 460 g/mol. The molecule has 8 nitrogen and oxygen atoms in total. The summed E-state index contributed by atoms with van der Waals surface area (Å²) in [7, 11) is 4.71. The summed E-state index contributed by atoms with van der Waals surface area (Å²) < 4.78 is 40.2. The quantitative estimate of drug-likeness (QED) is 0.691. The van der Waals surface area contributed by atoms with Crippen molar-refractivity contribution in [2.75, 3.05) is 24.7 Å². The van der Waals surface area contributed by atoms with E-state index in [9.17, 15) is 27.6 Å². The van der Waals surface area contributed by atoms with E-state index in [-0.39, 0.29) is 29.9 Å². The zero-order valence-electron chi connectivity index (χ0n) is 17.2. The van der Waals surface area contributed by atoms with Gasteiger partial charge in [-0.15, -0.1) is 0 Å². The number of carbonyl (C=O) groups is 3. The van der Waals surface area contributed by atoms with E-state index >= 15 is 0 Å². The lowest BCUT2D eigenvalue weighted by molar-refractivity contribution is -0.137. The third-order valence-corrected chi connectivity index (χ3v) is 4.67. The van der Waals surface area contributed by atoms with Crippen molar-refractivity contribution in [3.05, 3.63) is 40.2 Å². The summed E-state index contributed by atoms with van der Waals surface area (Å²) in [6.45, 7) is 1.67. The molecule has 0 saturated carbocycles. The Kier molecular flexibility index (Phi) is 7.32. The van der Waals surface area contributed by atoms with E-state index < -0.39 is 34.5 Å². The number of benzene rings is 1. The van der Waals surface area contributed by atoms with Crippen molar-refractivity contribution in [2.45, 2.75) is 25.9 Å². The van der Waals surface area contributed by atoms with Gasteiger partial charge in [-0.3, -0.25) is 19.1 Å². The Morgan fingerprint density at radius 2 is 1.71 bits per heavy atom. The van der Waals surface area contributed by atoms with Gasteiger partial charge in [-0.2, -0.15) is 18.3 Å². The molecule has 2 aromatic rings. The van der Waals surface area contributed by atoms with Gasteiger partial charge in [0.25, 0.3) is 5.91 Å². The van der Waals surface area contributed by atoms with Gasteiger partial charge in [0.05, 0.1) is 22.0 Å². The molecule has 2 rings (SSSR count). The minimum absolute atomic E-state index is 0.0589. The molecule has 0 spiro atoms. The highest BCUT2D eigenvalue weighted by Crippen LogP contribution is 2.36. The van der Waals surface area contributed by atoms with Crippen LogP contribution in [0, 0.1) is 6.92 Å². The second-order valence-electron chi connectivity index (χ2n) is 6.92. The Morgan fingerprint density at radius 3 is 2.26 bits per heavy atom. The molecule has 0 aliphatic carbocycles. The van der Waals surface area contributed by atoms with Crippen LogP contribution >= 0.6 is 11.6 Å². The third kappa shape index (κ3) is 5.97. The fraction of sp³-hybridized carbons (Fsp3) is 0.368. The first-order valence-corrected chi connectivity index (χ1v) is 9.40. The molecule has 0 aliphatic heterocycles. The van der Waals surface area contributed by atoms with Crippen molar-refractivity contribution in [3.8, 4) is 0 Å². The second-order valence-corrected chi connectivity index (χ2v) is 7.33. The number of aromatic nitrogens is 2. The maximum atomic E-state index is 12.9. The summed E-state index contributed by atoms with van der Waals surface area (Å²) in [4.78, 5) is 37.9. The Balaban J connectivity index is 2.02. The van der Waals surface area contributed by atoms with Crippen molar-refractivity contribution >= 4 is 40.7 Å². The topological polar surface area (TPSA) is 96.3 Å². The number of nitrogens with one attached hydrogen (secondary N) is 2. The zero-order valence-corrected chi connectivity index (χ0v) is 18.0. The molecule has 1 heterocycles. The standard InChI is InChI=1S/C19H21ClF3N5O3/c1-10-16(17(26-28(10)4)18(31)27(2)3)25-15(30)8-7-14(29)24-11-5-6-13(20)12(9-11)19(21,22)23/h5-6,9H,7-8H2,1-4H3,(H,24,29)(H,25,30). The first-order chi connectivity index (χ1) is 14.3. The van der Waals surface area contributed by atoms with Gasteiger partial charge in [0, 0.05) is 39.7 Å². The summed E-state index contributed by atoms with van der Waals surface area (Å²) in [6.07, 6.45) is -5.21. The van der Waals surface area contributed by atoms with E-state index in [1.54, 1.807) is 28.1 Å². The van der Waals surface area contributed by atoms with Crippen LogP contribution in [0.5, 0.6) is 0 Å². The van der Waals surface area contributed by atoms with Gasteiger partial charge in [-0.25, -0.2) is 0 Å². The maximum Gasteiger partial charge on any atom is 0.417 e. The highest BCUT2D eigenvalue weighted by Gasteiger charge is 2.33. The number of aryl methyl sites for hydroxylation is 1. The van der Waals surface area contributed by atoms with Crippen LogP contribution in [0.15, 0.2) is 18.2 Å². The molecule has 1 aromatic carbocycles. The first kappa shape index (κ1) is 24.2. The minimum atomic E-state index is -4.67. The number of carbonyl (C=O) groups excluding carboxylic acids is 3. The molecule has 1 aromatic heterocycles. The molecule has 0 aliphatic rings. The number of amides is 3. The molecule has 0 saturated heterocycles. The molecular formula is C19H21ClF3N5O3. The van der Waals surface area contributed by atoms with Crippen LogP contribution in [-0.4, -0.2) is 46.5 Å². The van der Waals surface area contributed by atoms with Crippen molar-refractivity contribution < 1.29 is 27.6 Å². The van der Waals surface area contributed by atoms with E-state index in [1.165, 1.54) is 15.6 Å². The fourth-order valence-electron chi connectivity index (χ4n) is 2.59. The Morgan fingerprint density at radius 1 is 1.13 bits per heavy atom. The van der Waals surface area contributed by atoms with Gasteiger partial charge in [-0.05, 0) is 25.1 Å². The van der Waals surface area contributed by atoms with E-state index in [0.717, 1.165) is 12.1 Å². The molecule has 0 fully saturated rings. The molecule has 0 unspecified atom stereocenters. The predicted octanol–water partition coefficient (Wildman–Crippen LogP) is 3.46. The summed E-state index contributed by atoms with van der Waals surface area (Å²) in [5.41, 5.74) is -0.328. The number of halogens is 4. The molecule has 0 radical (unpaired) electrons. The van der Waals surface area contributed by atoms with Crippen LogP contribution in [0.2, 0.25) is 5.02 Å². The summed E-state index contributed by atoms with van der Waals surface area (Å²) >= 11 is 5.55. The second kappa shape index (κ2) is 9.38. The monoisotopic (exact) mass is 459 g/mol. The normalized spacial score (nSPS) is 11.2. The zero-order chi connectivity index (χ0) is 23.5. The number of hydrogen-bond acceptors (Lipinski definition) is 4. The summed E-state index contributed by atoms with van der Waals surface area (Å²) in [5.74, 6) is -1.61. The third-order valence-electron chi connectivity index (χ3n) is 4.34. The molecular weight excluding hydrogens is 439 g/mol. The predicted molar refractivity (Wildman–Crippen MR) is 109 cm³/mol. The van der Waals surface area contributed by atoms with Crippen LogP contribution in [0.3, 0.4) is 0 Å². The smallest absolute Gasteiger partial charge is 0.343 e. The highest BCUT2D eigenvalue weighted by molar-refractivity contribution is 6.31. The Labute approximate surface area is 181 Å². The van der Waals surface area contributed by atoms with Gasteiger partial charge < -0.3 is 15.5 Å². The molecule has 12 heteroatoms. The largest absolute Gasteiger partial charge is 0.417 e. The van der Waals surface area contributed by atoms with Crippen LogP contribution in [0.4, 0.5) is 24.5 Å². The molecule has 0 bridgehead atoms. The van der Waals surface area contributed by atoms with Crippen LogP contribution in [0.25, 0.3) is 0 Å². The first-order valence-electron chi connectivity index (χ1n) is 9.03. The highest BCUT2D eigenvalue weighted by atomic mass is 35.5. The van der Waals surface area contributed by atoms with E-state index in [2.05, 4.69) is 15.7 Å². The van der Waals surface area contributed by atoms with Gasteiger partial charge >= 0.3 is 6.18 Å². The number of alkyl halides is 3. The Bertz CT molecular complexity index is 1020. The molecule has 31 heavy (non-hydrogen) atoms. The van der Waals surface area contributed by atoms with E-state index in [1.807, 2.05) is 0 Å². The Hall–Kier alpha value is -3.08. The minimum Gasteiger partial charge on any atom is -0.343 e. The van der Waals surface area contributed by atoms with Gasteiger partial charge in [0.2, 0.25) is 11.8 Å². The molecule has 168 valence electrons. The molecule has 3 amide bonds. The summed E-state index contributed by atoms with van der Waals surface area (Å²) in [5, 5.41) is 8.49. The molecule has 2 N–H and O–H groups in total. The number of rotatable bonds is 6. The number of hydrogen-bond donors (Lipinski definition) is 2. The number of anilines is 2. The summed E-state index contributed by atoms with van der Waals surface area (Å²) in [6, 6.07) is 2.98. The van der Waals surface area contributed by atoms with Crippen LogP contribution in [-0.2, 0) is 22.8 Å². The van der Waals surface area contributed by atoms with Crippen molar-refractivity contribution in [2.24, 2.45) is 7.05 Å². The van der Waals surface area contributed by atoms with Gasteiger partial charge in [0.15, 0.2) is 5.69 Å². The van der Waals surface area contributed by atoms with E-state index in [0.29, 0.717) is 5.69 Å². The maximum absolute atomic E-state index is 12.9. The van der Waals surface area contributed by atoms with Crippen molar-refractivity contribution in [1.29, 1.82) is 0 Å². The van der Waals surface area contributed by atoms with Gasteiger partial charge in [0.1, 0.15) is 0 Å². The lowest BCUT2D eigenvalue weighted by Crippen LogP contribution is -2.24. The lowest BCUT2D eigenvalue weighted by Gasteiger charge is -2.12.